The second-order valence-electron chi connectivity index (χ2n) is 6.59. The number of anilines is 2. The van der Waals surface area contributed by atoms with E-state index in [2.05, 4.69) is 23.5 Å². The van der Waals surface area contributed by atoms with E-state index in [1.807, 2.05) is 53.6 Å². The van der Waals surface area contributed by atoms with Crippen molar-refractivity contribution in [1.29, 1.82) is 0 Å². The number of nitrogens with zero attached hydrogens (tertiary/aromatic N) is 3. The highest BCUT2D eigenvalue weighted by molar-refractivity contribution is 5.82. The zero-order chi connectivity index (χ0) is 21.7. The van der Waals surface area contributed by atoms with Gasteiger partial charge >= 0.3 is 0 Å². The molecule has 0 amide bonds. The van der Waals surface area contributed by atoms with Crippen molar-refractivity contribution in [1.82, 2.24) is 9.55 Å². The number of hydrogen-bond acceptors (Lipinski definition) is 4. The van der Waals surface area contributed by atoms with E-state index in [0.29, 0.717) is 30.3 Å². The number of rotatable bonds is 8. The number of hydrogen-bond donors (Lipinski definition) is 1. The van der Waals surface area contributed by atoms with E-state index in [4.69, 9.17) is 0 Å². The van der Waals surface area contributed by atoms with Crippen molar-refractivity contribution in [2.45, 2.75) is 13.8 Å². The van der Waals surface area contributed by atoms with E-state index >= 15 is 0 Å². The smallest absolute Gasteiger partial charge is 0.193 e. The van der Waals surface area contributed by atoms with Crippen LogP contribution in [0.3, 0.4) is 0 Å². The Morgan fingerprint density at radius 2 is 1.90 bits per heavy atom. The summed E-state index contributed by atoms with van der Waals surface area (Å²) in [6.07, 6.45) is 5.00. The number of pyridine rings is 2. The highest BCUT2D eigenvalue weighted by Crippen LogP contribution is 2.26. The summed E-state index contributed by atoms with van der Waals surface area (Å²) in [7, 11) is 0. The quantitative estimate of drug-likeness (QED) is 0.535. The molecule has 0 spiro atoms. The summed E-state index contributed by atoms with van der Waals surface area (Å²) in [6.45, 7) is 12.6. The molecule has 0 saturated heterocycles. The number of nitrogens with one attached hydrogen (secondary N) is 1. The summed E-state index contributed by atoms with van der Waals surface area (Å²) in [4.78, 5) is 19.3. The number of benzene rings is 1. The van der Waals surface area contributed by atoms with E-state index in [9.17, 15) is 9.18 Å². The topological polar surface area (TPSA) is 50.2 Å². The van der Waals surface area contributed by atoms with Crippen LogP contribution in [0.4, 0.5) is 16.0 Å². The van der Waals surface area contributed by atoms with Gasteiger partial charge in [0, 0.05) is 30.5 Å². The van der Waals surface area contributed by atoms with Crippen LogP contribution >= 0.6 is 0 Å². The second kappa shape index (κ2) is 9.22. The van der Waals surface area contributed by atoms with Crippen LogP contribution in [0, 0.1) is 5.82 Å². The van der Waals surface area contributed by atoms with Gasteiger partial charge in [0.2, 0.25) is 0 Å². The molecular formula is C24H25FN4O. The zero-order valence-corrected chi connectivity index (χ0v) is 17.2. The van der Waals surface area contributed by atoms with Crippen LogP contribution in [-0.2, 0) is 0 Å². The molecule has 3 rings (SSSR count). The van der Waals surface area contributed by atoms with Gasteiger partial charge in [0.15, 0.2) is 22.7 Å². The molecule has 0 aliphatic heterocycles. The Balaban J connectivity index is 2.40. The average molecular weight is 404 g/mol. The fourth-order valence-corrected chi connectivity index (χ4v) is 3.31. The van der Waals surface area contributed by atoms with Gasteiger partial charge in [-0.1, -0.05) is 37.4 Å². The largest absolute Gasteiger partial charge is 0.355 e. The van der Waals surface area contributed by atoms with Crippen LogP contribution in [-0.4, -0.2) is 22.6 Å². The summed E-state index contributed by atoms with van der Waals surface area (Å²) < 4.78 is 16.6. The summed E-state index contributed by atoms with van der Waals surface area (Å²) in [6, 6.07) is 12.2. The molecule has 0 atom stereocenters. The Hall–Kier alpha value is -3.67. The van der Waals surface area contributed by atoms with Crippen LogP contribution in [0.25, 0.3) is 16.7 Å². The molecular weight excluding hydrogens is 379 g/mol. The molecule has 154 valence electrons. The van der Waals surface area contributed by atoms with Crippen molar-refractivity contribution < 1.29 is 4.39 Å². The van der Waals surface area contributed by atoms with Crippen LogP contribution < -0.4 is 15.6 Å². The fourth-order valence-electron chi connectivity index (χ4n) is 3.31. The van der Waals surface area contributed by atoms with Crippen molar-refractivity contribution in [2.24, 2.45) is 0 Å². The Bertz CT molecular complexity index is 1160. The van der Waals surface area contributed by atoms with Gasteiger partial charge < -0.3 is 10.2 Å². The summed E-state index contributed by atoms with van der Waals surface area (Å²) in [5.41, 5.74) is 1.51. The predicted molar refractivity (Wildman–Crippen MR) is 123 cm³/mol. The normalized spacial score (nSPS) is 11.4. The van der Waals surface area contributed by atoms with Crippen molar-refractivity contribution >= 4 is 22.7 Å². The van der Waals surface area contributed by atoms with Crippen molar-refractivity contribution in [3.8, 4) is 5.69 Å². The van der Waals surface area contributed by atoms with Crippen molar-refractivity contribution in [2.75, 3.05) is 23.3 Å². The Kier molecular flexibility index (Phi) is 6.47. The summed E-state index contributed by atoms with van der Waals surface area (Å²) in [5.74, 6) is 0.206. The lowest BCUT2D eigenvalue weighted by Gasteiger charge is -2.23. The highest BCUT2D eigenvalue weighted by Gasteiger charge is 2.18. The molecule has 0 bridgehead atoms. The van der Waals surface area contributed by atoms with Crippen LogP contribution in [0.2, 0.25) is 0 Å². The third-order valence-corrected chi connectivity index (χ3v) is 4.79. The van der Waals surface area contributed by atoms with Crippen LogP contribution in [0.1, 0.15) is 13.8 Å². The lowest BCUT2D eigenvalue weighted by atomic mass is 10.2. The molecule has 0 aliphatic carbocycles. The minimum atomic E-state index is -0.512. The standard InChI is InChI=1S/C24H25FN4O/c1-5-12-17(6-2)26-22-16-21(30)19-15-20(25)24(28(7-3)8-4)27-23(19)29(22)18-13-10-9-11-14-18/h5-6,9-16,26H,1-2,7-8H2,3-4H3/b17-12+. The van der Waals surface area contributed by atoms with Gasteiger partial charge in [-0.2, -0.15) is 0 Å². The predicted octanol–water partition coefficient (Wildman–Crippen LogP) is 5.04. The Morgan fingerprint density at radius 1 is 1.20 bits per heavy atom. The number of halogens is 1. The van der Waals surface area contributed by atoms with Gasteiger partial charge in [0.05, 0.1) is 5.39 Å². The van der Waals surface area contributed by atoms with Crippen molar-refractivity contribution in [3.63, 3.8) is 0 Å². The number of fused-ring (bicyclic) bond motifs is 1. The van der Waals surface area contributed by atoms with Gasteiger partial charge in [-0.15, -0.1) is 0 Å². The molecule has 1 N–H and O–H groups in total. The maximum Gasteiger partial charge on any atom is 0.193 e. The molecule has 5 nitrogen and oxygen atoms in total. The van der Waals surface area contributed by atoms with Crippen LogP contribution in [0.5, 0.6) is 0 Å². The molecule has 2 aromatic heterocycles. The average Bonchev–Trinajstić information content (AvgIpc) is 2.76. The molecule has 0 saturated carbocycles. The van der Waals surface area contributed by atoms with E-state index < -0.39 is 5.82 Å². The molecule has 1 aromatic carbocycles. The number of aromatic nitrogens is 2. The SMILES string of the molecule is C=C/C=C(\C=C)Nc1cc(=O)c2cc(F)c(N(CC)CC)nc2n1-c1ccccc1. The van der Waals surface area contributed by atoms with Crippen molar-refractivity contribution in [3.05, 3.63) is 95.6 Å². The molecule has 0 fully saturated rings. The maximum atomic E-state index is 14.8. The van der Waals surface area contributed by atoms with E-state index in [1.165, 1.54) is 12.1 Å². The first kappa shape index (κ1) is 21.0. The first-order valence-corrected chi connectivity index (χ1v) is 9.82. The third kappa shape index (κ3) is 4.03. The second-order valence-corrected chi connectivity index (χ2v) is 6.59. The summed E-state index contributed by atoms with van der Waals surface area (Å²) in [5, 5.41) is 3.42. The first-order valence-electron chi connectivity index (χ1n) is 9.82. The molecule has 0 radical (unpaired) electrons. The summed E-state index contributed by atoms with van der Waals surface area (Å²) >= 11 is 0. The Morgan fingerprint density at radius 3 is 2.50 bits per heavy atom. The maximum absolute atomic E-state index is 14.8. The van der Waals surface area contributed by atoms with E-state index in [1.54, 1.807) is 18.2 Å². The number of para-hydroxylation sites is 1. The minimum Gasteiger partial charge on any atom is -0.355 e. The van der Waals surface area contributed by atoms with Gasteiger partial charge in [0.1, 0.15) is 5.82 Å². The van der Waals surface area contributed by atoms with Gasteiger partial charge in [-0.05, 0) is 44.2 Å². The van der Waals surface area contributed by atoms with Gasteiger partial charge in [-0.25, -0.2) is 9.37 Å². The van der Waals surface area contributed by atoms with E-state index in [0.717, 1.165) is 5.69 Å². The fraction of sp³-hybridized carbons (Fsp3) is 0.167. The highest BCUT2D eigenvalue weighted by atomic mass is 19.1. The Labute approximate surface area is 175 Å². The minimum absolute atomic E-state index is 0.214. The lowest BCUT2D eigenvalue weighted by molar-refractivity contribution is 0.614. The molecule has 30 heavy (non-hydrogen) atoms. The molecule has 2 heterocycles. The lowest BCUT2D eigenvalue weighted by Crippen LogP contribution is -2.25. The van der Waals surface area contributed by atoms with Gasteiger partial charge in [0.25, 0.3) is 0 Å². The third-order valence-electron chi connectivity index (χ3n) is 4.79. The molecule has 6 heteroatoms. The zero-order valence-electron chi connectivity index (χ0n) is 17.2. The molecule has 0 unspecified atom stereocenters. The molecule has 0 aliphatic rings. The van der Waals surface area contributed by atoms with Gasteiger partial charge in [-0.3, -0.25) is 9.36 Å². The monoisotopic (exact) mass is 404 g/mol. The molecule has 3 aromatic rings. The van der Waals surface area contributed by atoms with E-state index in [-0.39, 0.29) is 16.6 Å². The number of allylic oxidation sites excluding steroid dienone is 3. The van der Waals surface area contributed by atoms with Crippen LogP contribution in [0.15, 0.2) is 84.3 Å². The first-order chi connectivity index (χ1) is 14.5.